The van der Waals surface area contributed by atoms with Crippen LogP contribution in [0.1, 0.15) is 114 Å². The second-order valence-electron chi connectivity index (χ2n) is 13.9. The SMILES string of the molecule is CCC(C)c1cc2c(-c3ccccc3C(C)C)cccc2[cH-]1.CCC(C)c1cc2c(-c3ccccc3C(C)C)cccc2[cH-]1.C[Si]C.[Cl][Zr+2][Cl]. The molecule has 0 aliphatic heterocycles. The minimum atomic E-state index is -0.826. The molecular weight excluding hydrogens is 743 g/mol. The van der Waals surface area contributed by atoms with Crippen LogP contribution in [0, 0.1) is 0 Å². The Kier molecular flexibility index (Phi) is 18.0. The first-order valence-electron chi connectivity index (χ1n) is 18.2. The van der Waals surface area contributed by atoms with Gasteiger partial charge in [0.1, 0.15) is 0 Å². The van der Waals surface area contributed by atoms with E-state index >= 15 is 0 Å². The van der Waals surface area contributed by atoms with Gasteiger partial charge in [-0.2, -0.15) is 12.1 Å². The summed E-state index contributed by atoms with van der Waals surface area (Å²) < 4.78 is 0. The summed E-state index contributed by atoms with van der Waals surface area (Å²) in [4.78, 5) is 0. The molecule has 0 N–H and O–H groups in total. The zero-order valence-corrected chi connectivity index (χ0v) is 36.8. The maximum absolute atomic E-state index is 4.93. The fraction of sp³-hybridized carbons (Fsp3) is 0.348. The summed E-state index contributed by atoms with van der Waals surface area (Å²) in [6, 6.07) is 40.6. The van der Waals surface area contributed by atoms with Gasteiger partial charge in [0, 0.05) is 9.52 Å². The average molecular weight is 799 g/mol. The molecule has 6 rings (SSSR count). The summed E-state index contributed by atoms with van der Waals surface area (Å²) >= 11 is -0.826. The summed E-state index contributed by atoms with van der Waals surface area (Å²) in [7, 11) is 11.0. The normalized spacial score (nSPS) is 12.0. The van der Waals surface area contributed by atoms with E-state index in [9.17, 15) is 0 Å². The van der Waals surface area contributed by atoms with Crippen LogP contribution in [0.25, 0.3) is 43.8 Å². The number of rotatable bonds is 8. The molecule has 4 heteroatoms. The summed E-state index contributed by atoms with van der Waals surface area (Å²) in [6.07, 6.45) is 2.38. The van der Waals surface area contributed by atoms with Crippen molar-refractivity contribution in [1.82, 2.24) is 0 Å². The summed E-state index contributed by atoms with van der Waals surface area (Å²) in [6.45, 7) is 22.5. The molecule has 2 atom stereocenters. The van der Waals surface area contributed by atoms with Gasteiger partial charge in [0.15, 0.2) is 0 Å². The summed E-state index contributed by atoms with van der Waals surface area (Å²) in [5.74, 6) is 2.33. The van der Waals surface area contributed by atoms with Crippen molar-refractivity contribution in [3.63, 3.8) is 0 Å². The van der Waals surface area contributed by atoms with E-state index in [-0.39, 0.29) is 0 Å². The molecule has 0 fully saturated rings. The van der Waals surface area contributed by atoms with Crippen molar-refractivity contribution in [2.24, 2.45) is 0 Å². The predicted molar refractivity (Wildman–Crippen MR) is 225 cm³/mol. The topological polar surface area (TPSA) is 0 Å². The first-order chi connectivity index (χ1) is 24.1. The molecule has 262 valence electrons. The van der Waals surface area contributed by atoms with Crippen LogP contribution in [-0.2, 0) is 20.8 Å². The van der Waals surface area contributed by atoms with Crippen molar-refractivity contribution >= 4 is 48.1 Å². The molecule has 0 saturated carbocycles. The van der Waals surface area contributed by atoms with Crippen LogP contribution in [-0.4, -0.2) is 9.52 Å². The third-order valence-electron chi connectivity index (χ3n) is 9.65. The Morgan fingerprint density at radius 1 is 0.540 bits per heavy atom. The second-order valence-corrected chi connectivity index (χ2v) is 18.6. The Bertz CT molecular complexity index is 1740. The van der Waals surface area contributed by atoms with Crippen molar-refractivity contribution in [2.75, 3.05) is 0 Å². The molecule has 2 radical (unpaired) electrons. The molecule has 0 bridgehead atoms. The van der Waals surface area contributed by atoms with Crippen molar-refractivity contribution in [3.05, 3.63) is 131 Å². The third-order valence-corrected chi connectivity index (χ3v) is 9.65. The van der Waals surface area contributed by atoms with E-state index < -0.39 is 20.8 Å². The second kappa shape index (κ2) is 21.3. The molecule has 6 aromatic rings. The zero-order valence-electron chi connectivity index (χ0n) is 31.9. The number of benzene rings is 4. The van der Waals surface area contributed by atoms with Crippen LogP contribution >= 0.6 is 17.0 Å². The van der Waals surface area contributed by atoms with Gasteiger partial charge in [0.2, 0.25) is 0 Å². The first kappa shape index (κ1) is 42.2. The Morgan fingerprint density at radius 2 is 0.860 bits per heavy atom. The van der Waals surface area contributed by atoms with Gasteiger partial charge in [0.05, 0.1) is 0 Å². The van der Waals surface area contributed by atoms with Crippen LogP contribution in [0.15, 0.2) is 109 Å². The Labute approximate surface area is 325 Å². The number of halogens is 2. The van der Waals surface area contributed by atoms with Gasteiger partial charge in [-0.15, -0.1) is 69.1 Å². The monoisotopic (exact) mass is 796 g/mol. The van der Waals surface area contributed by atoms with Gasteiger partial charge in [-0.3, -0.25) is 0 Å². The predicted octanol–water partition coefficient (Wildman–Crippen LogP) is 15.9. The molecule has 0 aromatic heterocycles. The molecule has 0 aliphatic carbocycles. The van der Waals surface area contributed by atoms with E-state index in [0.29, 0.717) is 23.7 Å². The minimum absolute atomic E-state index is 0.537. The molecule has 0 nitrogen and oxygen atoms in total. The van der Waals surface area contributed by atoms with Crippen molar-refractivity contribution in [3.8, 4) is 22.3 Å². The van der Waals surface area contributed by atoms with Crippen molar-refractivity contribution < 1.29 is 20.8 Å². The van der Waals surface area contributed by atoms with Gasteiger partial charge < -0.3 is 0 Å². The van der Waals surface area contributed by atoms with Gasteiger partial charge in [-0.25, -0.2) is 0 Å². The average Bonchev–Trinajstić information content (AvgIpc) is 3.77. The third kappa shape index (κ3) is 10.9. The van der Waals surface area contributed by atoms with Crippen LogP contribution in [0.2, 0.25) is 13.1 Å². The maximum atomic E-state index is 4.93. The number of hydrogen-bond acceptors (Lipinski definition) is 0. The molecule has 0 aliphatic rings. The fourth-order valence-corrected chi connectivity index (χ4v) is 6.52. The van der Waals surface area contributed by atoms with Gasteiger partial charge >= 0.3 is 37.9 Å². The van der Waals surface area contributed by atoms with Crippen molar-refractivity contribution in [2.45, 2.75) is 105 Å². The Hall–Kier alpha value is -2.22. The molecule has 0 amide bonds. The van der Waals surface area contributed by atoms with Crippen LogP contribution < -0.4 is 0 Å². The van der Waals surface area contributed by atoms with E-state index in [1.807, 2.05) is 0 Å². The molecule has 0 spiro atoms. The summed E-state index contributed by atoms with van der Waals surface area (Å²) in [5, 5.41) is 5.52. The first-order valence-corrected chi connectivity index (χ1v) is 26.5. The molecule has 50 heavy (non-hydrogen) atoms. The quantitative estimate of drug-likeness (QED) is 0.106. The van der Waals surface area contributed by atoms with Crippen LogP contribution in [0.4, 0.5) is 0 Å². The molecule has 6 aromatic carbocycles. The van der Waals surface area contributed by atoms with E-state index in [2.05, 4.69) is 178 Å². The standard InChI is InChI=1S/2C22H25.C2H6Si.2ClH.Zr/c2*1-5-16(4)18-13-17-9-8-12-21(22(17)14-18)20-11-7-6-10-19(20)15(2)3;1-3-2;;;/h2*6-16H,5H2,1-4H3;1-2H3;2*1H;/q2*-1;;;;+4/p-2. The van der Waals surface area contributed by atoms with Gasteiger partial charge in [-0.1, -0.05) is 153 Å². The fourth-order valence-electron chi connectivity index (χ4n) is 6.52. The summed E-state index contributed by atoms with van der Waals surface area (Å²) in [5.41, 5.74) is 11.3. The Morgan fingerprint density at radius 3 is 1.18 bits per heavy atom. The molecule has 0 saturated heterocycles. The van der Waals surface area contributed by atoms with E-state index in [0.717, 1.165) is 9.52 Å². The van der Waals surface area contributed by atoms with Gasteiger partial charge in [-0.05, 0) is 45.9 Å². The van der Waals surface area contributed by atoms with Gasteiger partial charge in [0.25, 0.3) is 0 Å². The Balaban J connectivity index is 0.000000234. The number of hydrogen-bond donors (Lipinski definition) is 0. The van der Waals surface area contributed by atoms with Crippen LogP contribution in [0.5, 0.6) is 0 Å². The molecule has 2 unspecified atom stereocenters. The van der Waals surface area contributed by atoms with Crippen LogP contribution in [0.3, 0.4) is 0 Å². The van der Waals surface area contributed by atoms with E-state index in [4.69, 9.17) is 17.0 Å². The zero-order chi connectivity index (χ0) is 36.8. The molecule has 0 heterocycles. The van der Waals surface area contributed by atoms with E-state index in [1.165, 1.54) is 78.9 Å². The van der Waals surface area contributed by atoms with E-state index in [1.54, 1.807) is 0 Å². The molecular formula is C46H56Cl2SiZr. The van der Waals surface area contributed by atoms with Crippen molar-refractivity contribution in [1.29, 1.82) is 0 Å². The number of fused-ring (bicyclic) bond motifs is 2.